The molecule has 0 spiro atoms. The maximum atomic E-state index is 11.3. The van der Waals surface area contributed by atoms with Crippen LogP contribution in [0, 0.1) is 0 Å². The maximum Gasteiger partial charge on any atom is 0.175 e. The van der Waals surface area contributed by atoms with Crippen molar-refractivity contribution in [1.82, 2.24) is 0 Å². The van der Waals surface area contributed by atoms with Crippen molar-refractivity contribution in [3.8, 4) is 5.75 Å². The second kappa shape index (κ2) is 4.84. The largest absolute Gasteiger partial charge is 0.508 e. The number of aromatic hydroxyl groups is 1. The van der Waals surface area contributed by atoms with Crippen LogP contribution in [0.3, 0.4) is 0 Å². The topological polar surface area (TPSA) is 80.4 Å². The summed E-state index contributed by atoms with van der Waals surface area (Å²) in [5.41, 5.74) is 6.17. The van der Waals surface area contributed by atoms with Crippen molar-refractivity contribution in [3.05, 3.63) is 23.8 Å². The van der Waals surface area contributed by atoms with E-state index in [9.17, 15) is 13.5 Å². The third-order valence-electron chi connectivity index (χ3n) is 2.56. The van der Waals surface area contributed by atoms with Gasteiger partial charge in [-0.3, -0.25) is 0 Å². The Morgan fingerprint density at radius 3 is 2.50 bits per heavy atom. The predicted molar refractivity (Wildman–Crippen MR) is 63.3 cm³/mol. The molecule has 0 aliphatic heterocycles. The van der Waals surface area contributed by atoms with Crippen molar-refractivity contribution in [3.63, 3.8) is 0 Å². The molecule has 4 nitrogen and oxygen atoms in total. The predicted octanol–water partition coefficient (Wildman–Crippen LogP) is 1.25. The van der Waals surface area contributed by atoms with Gasteiger partial charge in [0.1, 0.15) is 5.75 Å². The van der Waals surface area contributed by atoms with Crippen LogP contribution in [-0.4, -0.2) is 26.3 Å². The Morgan fingerprint density at radius 2 is 2.06 bits per heavy atom. The van der Waals surface area contributed by atoms with E-state index in [0.717, 1.165) is 18.2 Å². The smallest absolute Gasteiger partial charge is 0.175 e. The first-order valence-electron chi connectivity index (χ1n) is 5.09. The van der Waals surface area contributed by atoms with E-state index in [-0.39, 0.29) is 16.6 Å². The molecule has 1 atom stereocenters. The first kappa shape index (κ1) is 13.0. The number of hydrogen-bond acceptors (Lipinski definition) is 4. The molecule has 0 aromatic heterocycles. The number of hydrogen-bond donors (Lipinski definition) is 2. The van der Waals surface area contributed by atoms with Crippen LogP contribution < -0.4 is 5.73 Å². The normalized spacial score (nSPS) is 13.7. The third-order valence-corrected chi connectivity index (χ3v) is 3.67. The molecule has 0 heterocycles. The molecule has 1 aromatic rings. The van der Waals surface area contributed by atoms with E-state index in [2.05, 4.69) is 0 Å². The minimum Gasteiger partial charge on any atom is -0.508 e. The van der Waals surface area contributed by atoms with Gasteiger partial charge in [0, 0.05) is 6.26 Å². The molecule has 1 aromatic carbocycles. The molecule has 1 rings (SSSR count). The zero-order valence-corrected chi connectivity index (χ0v) is 10.3. The molecular weight excluding hydrogens is 226 g/mol. The lowest BCUT2D eigenvalue weighted by Gasteiger charge is -2.13. The van der Waals surface area contributed by atoms with E-state index in [0.29, 0.717) is 6.54 Å². The number of phenolic OH excluding ortho intramolecular Hbond substituents is 1. The lowest BCUT2D eigenvalue weighted by Crippen LogP contribution is -2.05. The van der Waals surface area contributed by atoms with Crippen LogP contribution in [0.25, 0.3) is 0 Å². The van der Waals surface area contributed by atoms with Crippen molar-refractivity contribution >= 4 is 9.84 Å². The van der Waals surface area contributed by atoms with E-state index in [1.165, 1.54) is 12.1 Å². The highest BCUT2D eigenvalue weighted by Crippen LogP contribution is 2.29. The summed E-state index contributed by atoms with van der Waals surface area (Å²) in [5.74, 6) is 0.141. The zero-order valence-electron chi connectivity index (χ0n) is 9.47. The van der Waals surface area contributed by atoms with Gasteiger partial charge in [0.05, 0.1) is 4.90 Å². The molecule has 0 saturated heterocycles. The average molecular weight is 243 g/mol. The Balaban J connectivity index is 3.10. The first-order chi connectivity index (χ1) is 7.36. The molecule has 0 amide bonds. The summed E-state index contributed by atoms with van der Waals surface area (Å²) in [6.45, 7) is 2.48. The molecule has 0 fully saturated rings. The molecule has 0 saturated carbocycles. The average Bonchev–Trinajstić information content (AvgIpc) is 2.16. The summed E-state index contributed by atoms with van der Waals surface area (Å²) in [6, 6.07) is 4.45. The molecule has 0 aliphatic rings. The summed E-state index contributed by atoms with van der Waals surface area (Å²) >= 11 is 0. The van der Waals surface area contributed by atoms with E-state index in [1.807, 2.05) is 6.92 Å². The quantitative estimate of drug-likeness (QED) is 0.834. The Morgan fingerprint density at radius 1 is 1.44 bits per heavy atom. The fourth-order valence-electron chi connectivity index (χ4n) is 1.58. The van der Waals surface area contributed by atoms with Crippen LogP contribution in [0.15, 0.2) is 23.1 Å². The van der Waals surface area contributed by atoms with Gasteiger partial charge in [0.2, 0.25) is 0 Å². The summed E-state index contributed by atoms with van der Waals surface area (Å²) in [7, 11) is -3.26. The summed E-state index contributed by atoms with van der Waals surface area (Å²) in [5, 5.41) is 9.75. The second-order valence-corrected chi connectivity index (χ2v) is 5.99. The number of benzene rings is 1. The molecule has 0 bridgehead atoms. The molecule has 0 aliphatic carbocycles. The Bertz CT molecular complexity index is 468. The number of rotatable bonds is 4. The van der Waals surface area contributed by atoms with Crippen molar-refractivity contribution in [1.29, 1.82) is 0 Å². The summed E-state index contributed by atoms with van der Waals surface area (Å²) in [6.07, 6.45) is 1.87. The van der Waals surface area contributed by atoms with Crippen LogP contribution in [0.1, 0.15) is 24.8 Å². The molecule has 16 heavy (non-hydrogen) atoms. The molecule has 0 radical (unpaired) electrons. The Labute approximate surface area is 96.0 Å². The van der Waals surface area contributed by atoms with Crippen LogP contribution in [0.4, 0.5) is 0 Å². The summed E-state index contributed by atoms with van der Waals surface area (Å²) < 4.78 is 22.5. The monoisotopic (exact) mass is 243 g/mol. The van der Waals surface area contributed by atoms with Crippen molar-refractivity contribution in [2.24, 2.45) is 5.73 Å². The highest BCUT2D eigenvalue weighted by atomic mass is 32.2. The highest BCUT2D eigenvalue weighted by Gasteiger charge is 2.13. The first-order valence-corrected chi connectivity index (χ1v) is 6.98. The molecule has 90 valence electrons. The molecule has 3 N–H and O–H groups in total. The fraction of sp³-hybridized carbons (Fsp3) is 0.455. The minimum atomic E-state index is -3.26. The molecule has 1 unspecified atom stereocenters. The maximum absolute atomic E-state index is 11.3. The van der Waals surface area contributed by atoms with Gasteiger partial charge in [-0.15, -0.1) is 0 Å². The van der Waals surface area contributed by atoms with Crippen LogP contribution in [0.5, 0.6) is 5.75 Å². The van der Waals surface area contributed by atoms with E-state index < -0.39 is 9.84 Å². The van der Waals surface area contributed by atoms with Gasteiger partial charge in [0.15, 0.2) is 9.84 Å². The van der Waals surface area contributed by atoms with Crippen molar-refractivity contribution < 1.29 is 13.5 Å². The van der Waals surface area contributed by atoms with Gasteiger partial charge in [0.25, 0.3) is 0 Å². The number of sulfone groups is 1. The third kappa shape index (κ3) is 2.96. The van der Waals surface area contributed by atoms with Crippen LogP contribution >= 0.6 is 0 Å². The standard InChI is InChI=1S/C11H17NO3S/c1-8(5-6-12)10-4-3-9(7-11(10)13)16(2,14)15/h3-4,7-8,13H,5-6,12H2,1-2H3. The van der Waals surface area contributed by atoms with Crippen molar-refractivity contribution in [2.45, 2.75) is 24.2 Å². The van der Waals surface area contributed by atoms with E-state index >= 15 is 0 Å². The van der Waals surface area contributed by atoms with Gasteiger partial charge in [-0.05, 0) is 36.6 Å². The fourth-order valence-corrected chi connectivity index (χ4v) is 2.22. The Kier molecular flexibility index (Phi) is 3.93. The zero-order chi connectivity index (χ0) is 12.3. The van der Waals surface area contributed by atoms with Crippen LogP contribution in [-0.2, 0) is 9.84 Å². The lowest BCUT2D eigenvalue weighted by atomic mass is 9.97. The molecule has 5 heteroatoms. The van der Waals surface area contributed by atoms with Crippen molar-refractivity contribution in [2.75, 3.05) is 12.8 Å². The highest BCUT2D eigenvalue weighted by molar-refractivity contribution is 7.90. The number of phenols is 1. The van der Waals surface area contributed by atoms with Gasteiger partial charge in [-0.1, -0.05) is 13.0 Å². The SMILES string of the molecule is CC(CCN)c1ccc(S(C)(=O)=O)cc1O. The summed E-state index contributed by atoms with van der Waals surface area (Å²) in [4.78, 5) is 0.133. The lowest BCUT2D eigenvalue weighted by molar-refractivity contribution is 0.459. The van der Waals surface area contributed by atoms with Crippen LogP contribution in [0.2, 0.25) is 0 Å². The van der Waals surface area contributed by atoms with Gasteiger partial charge >= 0.3 is 0 Å². The Hall–Kier alpha value is -1.07. The van der Waals surface area contributed by atoms with E-state index in [4.69, 9.17) is 5.73 Å². The number of nitrogens with two attached hydrogens (primary N) is 1. The van der Waals surface area contributed by atoms with E-state index in [1.54, 1.807) is 6.07 Å². The van der Waals surface area contributed by atoms with Gasteiger partial charge < -0.3 is 10.8 Å². The minimum absolute atomic E-state index is 0.0175. The second-order valence-electron chi connectivity index (χ2n) is 3.97. The molecular formula is C11H17NO3S. The van der Waals surface area contributed by atoms with Gasteiger partial charge in [-0.25, -0.2) is 8.42 Å². The van der Waals surface area contributed by atoms with Gasteiger partial charge in [-0.2, -0.15) is 0 Å².